The van der Waals surface area contributed by atoms with Gasteiger partial charge >= 0.3 is 0 Å². The van der Waals surface area contributed by atoms with E-state index in [1.807, 2.05) is 0 Å². The Bertz CT molecular complexity index is 758. The summed E-state index contributed by atoms with van der Waals surface area (Å²) in [7, 11) is 0. The molecule has 0 spiro atoms. The van der Waals surface area contributed by atoms with Crippen LogP contribution in [0.5, 0.6) is 0 Å². The number of aryl methyl sites for hydroxylation is 1. The molecule has 108 valence electrons. The van der Waals surface area contributed by atoms with E-state index in [2.05, 4.69) is 74.4 Å². The molecular formula is C19H22N2. The van der Waals surface area contributed by atoms with Crippen molar-refractivity contribution >= 4 is 10.9 Å². The van der Waals surface area contributed by atoms with Gasteiger partial charge in [0.15, 0.2) is 0 Å². The molecule has 0 aliphatic carbocycles. The number of H-pyrrole nitrogens is 1. The molecule has 21 heavy (non-hydrogen) atoms. The van der Waals surface area contributed by atoms with Crippen LogP contribution in [0.3, 0.4) is 0 Å². The molecule has 0 aliphatic rings. The first-order valence-electron chi connectivity index (χ1n) is 7.39. The van der Waals surface area contributed by atoms with Crippen LogP contribution in [-0.2, 0) is 6.42 Å². The lowest BCUT2D eigenvalue weighted by Crippen LogP contribution is -2.34. The molecular weight excluding hydrogens is 256 g/mol. The molecule has 2 aromatic carbocycles. The third-order valence-corrected chi connectivity index (χ3v) is 3.81. The lowest BCUT2D eigenvalue weighted by Gasteiger charge is -2.17. The van der Waals surface area contributed by atoms with Gasteiger partial charge in [0.05, 0.1) is 5.52 Å². The Morgan fingerprint density at radius 1 is 1.05 bits per heavy atom. The Labute approximate surface area is 126 Å². The monoisotopic (exact) mass is 278 g/mol. The number of aromatic amines is 1. The average molecular weight is 278 g/mol. The van der Waals surface area contributed by atoms with E-state index < -0.39 is 0 Å². The zero-order valence-electron chi connectivity index (χ0n) is 12.9. The predicted molar refractivity (Wildman–Crippen MR) is 90.4 cm³/mol. The second-order valence-electron chi connectivity index (χ2n) is 6.57. The molecule has 0 fully saturated rings. The molecule has 3 aromatic rings. The van der Waals surface area contributed by atoms with Crippen LogP contribution in [0.25, 0.3) is 22.0 Å². The summed E-state index contributed by atoms with van der Waals surface area (Å²) in [6.07, 6.45) is 2.96. The molecule has 0 saturated carbocycles. The van der Waals surface area contributed by atoms with E-state index in [-0.39, 0.29) is 5.54 Å². The van der Waals surface area contributed by atoms with Crippen molar-refractivity contribution in [3.63, 3.8) is 0 Å². The molecule has 2 heteroatoms. The Balaban J connectivity index is 2.11. The first-order chi connectivity index (χ1) is 9.94. The molecule has 0 radical (unpaired) electrons. The van der Waals surface area contributed by atoms with E-state index in [0.29, 0.717) is 0 Å². The molecule has 3 N–H and O–H groups in total. The van der Waals surface area contributed by atoms with E-state index in [9.17, 15) is 0 Å². The van der Waals surface area contributed by atoms with Crippen molar-refractivity contribution in [1.29, 1.82) is 0 Å². The molecule has 3 rings (SSSR count). The quantitative estimate of drug-likeness (QED) is 0.731. The third kappa shape index (κ3) is 2.86. The minimum absolute atomic E-state index is 0.199. The van der Waals surface area contributed by atoms with Gasteiger partial charge in [-0.1, -0.05) is 48.0 Å². The first-order valence-corrected chi connectivity index (χ1v) is 7.39. The summed E-state index contributed by atoms with van der Waals surface area (Å²) in [4.78, 5) is 3.44. The molecule has 0 unspecified atom stereocenters. The van der Waals surface area contributed by atoms with Gasteiger partial charge in [-0.05, 0) is 38.3 Å². The van der Waals surface area contributed by atoms with Crippen molar-refractivity contribution in [2.24, 2.45) is 5.73 Å². The fourth-order valence-electron chi connectivity index (χ4n) is 2.82. The summed E-state index contributed by atoms with van der Waals surface area (Å²) >= 11 is 0. The first kappa shape index (κ1) is 13.9. The van der Waals surface area contributed by atoms with Gasteiger partial charge in [-0.25, -0.2) is 0 Å². The Morgan fingerprint density at radius 2 is 1.76 bits per heavy atom. The fraction of sp³-hybridized carbons (Fsp3) is 0.263. The van der Waals surface area contributed by atoms with Gasteiger partial charge in [0.1, 0.15) is 0 Å². The molecule has 0 saturated heterocycles. The number of benzene rings is 2. The number of aromatic nitrogens is 1. The maximum absolute atomic E-state index is 6.17. The van der Waals surface area contributed by atoms with Crippen LogP contribution >= 0.6 is 0 Å². The number of hydrogen-bond donors (Lipinski definition) is 2. The highest BCUT2D eigenvalue weighted by Crippen LogP contribution is 2.31. The van der Waals surface area contributed by atoms with E-state index in [4.69, 9.17) is 5.73 Å². The third-order valence-electron chi connectivity index (χ3n) is 3.81. The van der Waals surface area contributed by atoms with Crippen LogP contribution in [0.2, 0.25) is 0 Å². The van der Waals surface area contributed by atoms with Crippen molar-refractivity contribution in [1.82, 2.24) is 4.98 Å². The lowest BCUT2D eigenvalue weighted by molar-refractivity contribution is 0.518. The summed E-state index contributed by atoms with van der Waals surface area (Å²) in [6.45, 7) is 6.24. The molecule has 0 amide bonds. The Hall–Kier alpha value is -2.06. The second kappa shape index (κ2) is 5.05. The van der Waals surface area contributed by atoms with Gasteiger partial charge in [0.2, 0.25) is 0 Å². The number of para-hydroxylation sites is 1. The number of nitrogens with one attached hydrogen (secondary N) is 1. The normalized spacial score (nSPS) is 12.0. The van der Waals surface area contributed by atoms with Gasteiger partial charge in [-0.2, -0.15) is 0 Å². The van der Waals surface area contributed by atoms with Crippen molar-refractivity contribution in [3.05, 3.63) is 59.8 Å². The number of fused-ring (bicyclic) bond motifs is 1. The highest BCUT2D eigenvalue weighted by Gasteiger charge is 2.16. The minimum atomic E-state index is -0.199. The van der Waals surface area contributed by atoms with Gasteiger partial charge in [0.25, 0.3) is 0 Å². The summed E-state index contributed by atoms with van der Waals surface area (Å²) in [5.41, 5.74) is 12.2. The maximum atomic E-state index is 6.17. The van der Waals surface area contributed by atoms with Crippen LogP contribution in [-0.4, -0.2) is 10.5 Å². The van der Waals surface area contributed by atoms with Crippen molar-refractivity contribution in [3.8, 4) is 11.1 Å². The highest BCUT2D eigenvalue weighted by molar-refractivity contribution is 5.96. The van der Waals surface area contributed by atoms with E-state index >= 15 is 0 Å². The van der Waals surface area contributed by atoms with Crippen molar-refractivity contribution < 1.29 is 0 Å². The molecule has 1 aromatic heterocycles. The number of nitrogens with two attached hydrogens (primary N) is 1. The lowest BCUT2D eigenvalue weighted by atomic mass is 9.94. The zero-order valence-corrected chi connectivity index (χ0v) is 12.9. The average Bonchev–Trinajstić information content (AvgIpc) is 2.81. The Kier molecular flexibility index (Phi) is 3.34. The topological polar surface area (TPSA) is 41.8 Å². The van der Waals surface area contributed by atoms with E-state index in [0.717, 1.165) is 6.42 Å². The van der Waals surface area contributed by atoms with Crippen LogP contribution < -0.4 is 5.73 Å². The van der Waals surface area contributed by atoms with E-state index in [1.165, 1.54) is 33.2 Å². The highest BCUT2D eigenvalue weighted by atomic mass is 14.7. The molecule has 2 nitrogen and oxygen atoms in total. The van der Waals surface area contributed by atoms with E-state index in [1.54, 1.807) is 0 Å². The summed E-state index contributed by atoms with van der Waals surface area (Å²) < 4.78 is 0. The molecule has 0 atom stereocenters. The van der Waals surface area contributed by atoms with Crippen molar-refractivity contribution in [2.45, 2.75) is 32.7 Å². The summed E-state index contributed by atoms with van der Waals surface area (Å²) in [6, 6.07) is 15.1. The minimum Gasteiger partial charge on any atom is -0.360 e. The van der Waals surface area contributed by atoms with Crippen LogP contribution in [0.1, 0.15) is 25.0 Å². The maximum Gasteiger partial charge on any atom is 0.0536 e. The number of rotatable bonds is 3. The summed E-state index contributed by atoms with van der Waals surface area (Å²) in [5, 5.41) is 1.27. The van der Waals surface area contributed by atoms with Crippen LogP contribution in [0.4, 0.5) is 0 Å². The molecule has 0 bridgehead atoms. The number of hydrogen-bond acceptors (Lipinski definition) is 1. The van der Waals surface area contributed by atoms with Gasteiger partial charge in [-0.15, -0.1) is 0 Å². The molecule has 1 heterocycles. The SMILES string of the molecule is Cc1ccc(-c2cccc3c(CC(C)(C)N)c[nH]c23)cc1. The smallest absolute Gasteiger partial charge is 0.0536 e. The second-order valence-corrected chi connectivity index (χ2v) is 6.57. The standard InChI is InChI=1S/C19H22N2/c1-13-7-9-14(10-8-13)16-5-4-6-17-15(11-19(2,3)20)12-21-18(16)17/h4-10,12,21H,11,20H2,1-3H3. The van der Waals surface area contributed by atoms with Crippen LogP contribution in [0, 0.1) is 6.92 Å². The zero-order chi connectivity index (χ0) is 15.0. The largest absolute Gasteiger partial charge is 0.360 e. The van der Waals surface area contributed by atoms with Crippen molar-refractivity contribution in [2.75, 3.05) is 0 Å². The fourth-order valence-corrected chi connectivity index (χ4v) is 2.82. The van der Waals surface area contributed by atoms with Crippen LogP contribution in [0.15, 0.2) is 48.7 Å². The van der Waals surface area contributed by atoms with Gasteiger partial charge in [0, 0.05) is 22.7 Å². The summed E-state index contributed by atoms with van der Waals surface area (Å²) in [5.74, 6) is 0. The van der Waals surface area contributed by atoms with Gasteiger partial charge in [-0.3, -0.25) is 0 Å². The predicted octanol–water partition coefficient (Wildman–Crippen LogP) is 4.42. The molecule has 0 aliphatic heterocycles. The Morgan fingerprint density at radius 3 is 2.43 bits per heavy atom. The van der Waals surface area contributed by atoms with Gasteiger partial charge < -0.3 is 10.7 Å².